The third-order valence-electron chi connectivity index (χ3n) is 2.66. The summed E-state index contributed by atoms with van der Waals surface area (Å²) in [7, 11) is 0. The molecule has 10 heteroatoms. The molecule has 0 radical (unpaired) electrons. The molecule has 1 aromatic carbocycles. The van der Waals surface area contributed by atoms with Gasteiger partial charge in [-0.15, -0.1) is 5.48 Å². The number of halogens is 5. The normalized spacial score (nSPS) is 11.2. The highest BCUT2D eigenvalue weighted by atomic mass is 19.4. The van der Waals surface area contributed by atoms with Gasteiger partial charge in [-0.2, -0.15) is 13.2 Å². The Morgan fingerprint density at radius 2 is 1.83 bits per heavy atom. The van der Waals surface area contributed by atoms with Crippen LogP contribution in [0.3, 0.4) is 0 Å². The average Bonchev–Trinajstić information content (AvgIpc) is 2.49. The van der Waals surface area contributed by atoms with E-state index in [1.807, 2.05) is 5.48 Å². The van der Waals surface area contributed by atoms with Crippen molar-refractivity contribution in [3.63, 3.8) is 0 Å². The molecule has 0 atom stereocenters. The monoisotopic (exact) mass is 347 g/mol. The highest BCUT2D eigenvalue weighted by Crippen LogP contribution is 2.28. The van der Waals surface area contributed by atoms with Crippen molar-refractivity contribution in [3.05, 3.63) is 53.9 Å². The number of nitrogens with zero attached hydrogens (tertiary/aromatic N) is 1. The molecule has 0 aliphatic carbocycles. The molecule has 0 fully saturated rings. The Morgan fingerprint density at radius 3 is 2.46 bits per heavy atom. The third kappa shape index (κ3) is 4.62. The van der Waals surface area contributed by atoms with Crippen LogP contribution in [-0.2, 0) is 11.0 Å². The summed E-state index contributed by atoms with van der Waals surface area (Å²) < 4.78 is 64.0. The van der Waals surface area contributed by atoms with E-state index >= 15 is 0 Å². The van der Waals surface area contributed by atoms with Crippen molar-refractivity contribution < 1.29 is 31.6 Å². The van der Waals surface area contributed by atoms with Crippen LogP contribution in [0.1, 0.15) is 5.69 Å². The maximum absolute atomic E-state index is 13.3. The zero-order valence-corrected chi connectivity index (χ0v) is 11.8. The number of carbonyl (C=O) groups excluding carboxylic acids is 1. The van der Waals surface area contributed by atoms with Crippen LogP contribution in [0.15, 0.2) is 36.5 Å². The number of hydrogen-bond acceptors (Lipinski definition) is 4. The molecule has 5 nitrogen and oxygen atoms in total. The van der Waals surface area contributed by atoms with Gasteiger partial charge in [-0.3, -0.25) is 9.78 Å². The lowest BCUT2D eigenvalue weighted by molar-refractivity contribution is -0.141. The predicted molar refractivity (Wildman–Crippen MR) is 72.9 cm³/mol. The summed E-state index contributed by atoms with van der Waals surface area (Å²) in [5.74, 6) is -3.47. The summed E-state index contributed by atoms with van der Waals surface area (Å²) in [6.07, 6.45) is -3.76. The van der Waals surface area contributed by atoms with Gasteiger partial charge in [-0.1, -0.05) is 6.07 Å². The molecule has 0 saturated heterocycles. The van der Waals surface area contributed by atoms with Crippen LogP contribution in [0.25, 0.3) is 0 Å². The van der Waals surface area contributed by atoms with Gasteiger partial charge >= 0.3 is 6.18 Å². The number of alkyl halides is 3. The number of nitrogens with one attached hydrogen (secondary N) is 2. The number of aromatic nitrogens is 1. The van der Waals surface area contributed by atoms with Crippen molar-refractivity contribution >= 4 is 11.6 Å². The third-order valence-corrected chi connectivity index (χ3v) is 2.66. The van der Waals surface area contributed by atoms with Crippen molar-refractivity contribution in [3.8, 4) is 5.75 Å². The highest BCUT2D eigenvalue weighted by molar-refractivity contribution is 5.92. The minimum atomic E-state index is -4.65. The van der Waals surface area contributed by atoms with Gasteiger partial charge in [0.25, 0.3) is 0 Å². The Morgan fingerprint density at radius 1 is 1.17 bits per heavy atom. The van der Waals surface area contributed by atoms with E-state index in [2.05, 4.69) is 15.1 Å². The summed E-state index contributed by atoms with van der Waals surface area (Å²) in [5, 5.41) is 2.16. The summed E-state index contributed by atoms with van der Waals surface area (Å²) in [4.78, 5) is 19.3. The van der Waals surface area contributed by atoms with E-state index in [0.29, 0.717) is 6.07 Å². The van der Waals surface area contributed by atoms with Crippen LogP contribution in [-0.4, -0.2) is 17.4 Å². The van der Waals surface area contributed by atoms with Crippen LogP contribution in [0, 0.1) is 11.6 Å². The van der Waals surface area contributed by atoms with E-state index in [-0.39, 0.29) is 5.69 Å². The van der Waals surface area contributed by atoms with E-state index in [0.717, 1.165) is 30.5 Å². The number of hydroxylamine groups is 1. The quantitative estimate of drug-likeness (QED) is 0.645. The lowest BCUT2D eigenvalue weighted by Gasteiger charge is -2.10. The molecule has 2 N–H and O–H groups in total. The van der Waals surface area contributed by atoms with E-state index < -0.39 is 41.7 Å². The molecule has 0 aliphatic rings. The maximum Gasteiger partial charge on any atom is 0.433 e. The summed E-state index contributed by atoms with van der Waals surface area (Å²) >= 11 is 0. The number of anilines is 1. The van der Waals surface area contributed by atoms with Crippen molar-refractivity contribution in [1.29, 1.82) is 0 Å². The van der Waals surface area contributed by atoms with Crippen LogP contribution >= 0.6 is 0 Å². The van der Waals surface area contributed by atoms with Crippen molar-refractivity contribution in [1.82, 2.24) is 10.5 Å². The Labute approximate surface area is 132 Å². The fourth-order valence-electron chi connectivity index (χ4n) is 1.62. The second-order valence-electron chi connectivity index (χ2n) is 4.45. The fourth-order valence-corrected chi connectivity index (χ4v) is 1.62. The van der Waals surface area contributed by atoms with Gasteiger partial charge in [0.05, 0.1) is 0 Å². The van der Waals surface area contributed by atoms with E-state index in [1.165, 1.54) is 0 Å². The number of amides is 1. The molecule has 128 valence electrons. The Bertz CT molecular complexity index is 716. The molecule has 1 amide bonds. The number of rotatable bonds is 5. The van der Waals surface area contributed by atoms with Gasteiger partial charge in [0, 0.05) is 11.9 Å². The minimum absolute atomic E-state index is 0.138. The molecule has 0 bridgehead atoms. The molecule has 1 aromatic heterocycles. The van der Waals surface area contributed by atoms with Gasteiger partial charge in [0.1, 0.15) is 12.2 Å². The lowest BCUT2D eigenvalue weighted by atomic mass is 10.3. The molecule has 24 heavy (non-hydrogen) atoms. The van der Waals surface area contributed by atoms with E-state index in [9.17, 15) is 26.7 Å². The molecule has 2 aromatic rings. The molecule has 2 rings (SSSR count). The van der Waals surface area contributed by atoms with Gasteiger partial charge in [-0.25, -0.2) is 8.78 Å². The molecule has 0 spiro atoms. The number of benzene rings is 1. The number of carbonyl (C=O) groups is 1. The van der Waals surface area contributed by atoms with Crippen molar-refractivity contribution in [2.45, 2.75) is 6.18 Å². The first-order valence-corrected chi connectivity index (χ1v) is 6.44. The topological polar surface area (TPSA) is 63.2 Å². The molecule has 0 saturated carbocycles. The molecule has 1 heterocycles. The first-order valence-electron chi connectivity index (χ1n) is 6.44. The van der Waals surface area contributed by atoms with Gasteiger partial charge < -0.3 is 10.2 Å². The summed E-state index contributed by atoms with van der Waals surface area (Å²) in [5.41, 5.74) is 0.712. The van der Waals surface area contributed by atoms with Crippen LogP contribution in [0.5, 0.6) is 5.75 Å². The highest BCUT2D eigenvalue weighted by Gasteiger charge is 2.32. The molecule has 0 unspecified atom stereocenters. The SMILES string of the molecule is O=C(CNOc1c(F)cccc1F)Nc1ccnc(C(F)(F)F)c1. The number of para-hydroxylation sites is 1. The predicted octanol–water partition coefficient (Wildman–Crippen LogP) is 2.90. The summed E-state index contributed by atoms with van der Waals surface area (Å²) in [6.45, 7) is -0.558. The van der Waals surface area contributed by atoms with E-state index in [4.69, 9.17) is 0 Å². The van der Waals surface area contributed by atoms with Crippen LogP contribution < -0.4 is 15.6 Å². The Hall–Kier alpha value is -2.75. The Kier molecular flexibility index (Phi) is 5.29. The fraction of sp³-hybridized carbons (Fsp3) is 0.143. The van der Waals surface area contributed by atoms with Crippen LogP contribution in [0.4, 0.5) is 27.6 Å². The molecule has 0 aliphatic heterocycles. The average molecular weight is 347 g/mol. The van der Waals surface area contributed by atoms with Gasteiger partial charge in [-0.05, 0) is 24.3 Å². The first kappa shape index (κ1) is 17.6. The second-order valence-corrected chi connectivity index (χ2v) is 4.45. The lowest BCUT2D eigenvalue weighted by Crippen LogP contribution is -2.31. The number of hydrogen-bond donors (Lipinski definition) is 2. The smallest absolute Gasteiger partial charge is 0.402 e. The van der Waals surface area contributed by atoms with Crippen LogP contribution in [0.2, 0.25) is 0 Å². The number of pyridine rings is 1. The standard InChI is InChI=1S/C14H10F5N3O2/c15-9-2-1-3-10(16)13(9)24-21-7-12(23)22-8-4-5-20-11(6-8)14(17,18)19/h1-6,21H,7H2,(H,20,22,23). The molecular formula is C14H10F5N3O2. The zero-order valence-electron chi connectivity index (χ0n) is 11.8. The second kappa shape index (κ2) is 7.21. The van der Waals surface area contributed by atoms with Gasteiger partial charge in [0.2, 0.25) is 11.7 Å². The van der Waals surface area contributed by atoms with E-state index in [1.54, 1.807) is 0 Å². The first-order chi connectivity index (χ1) is 11.3. The summed E-state index contributed by atoms with van der Waals surface area (Å²) in [6, 6.07) is 4.84. The van der Waals surface area contributed by atoms with Crippen molar-refractivity contribution in [2.24, 2.45) is 0 Å². The zero-order chi connectivity index (χ0) is 17.7. The largest absolute Gasteiger partial charge is 0.433 e. The minimum Gasteiger partial charge on any atom is -0.402 e. The maximum atomic E-state index is 13.3. The van der Waals surface area contributed by atoms with Gasteiger partial charge in [0.15, 0.2) is 11.6 Å². The Balaban J connectivity index is 1.90. The molecular weight excluding hydrogens is 337 g/mol. The van der Waals surface area contributed by atoms with Crippen molar-refractivity contribution in [2.75, 3.05) is 11.9 Å².